The summed E-state index contributed by atoms with van der Waals surface area (Å²) in [5.41, 5.74) is 1.83. The van der Waals surface area contributed by atoms with Gasteiger partial charge in [-0.15, -0.1) is 0 Å². The van der Waals surface area contributed by atoms with E-state index in [4.69, 9.17) is 9.47 Å². The Labute approximate surface area is 159 Å². The van der Waals surface area contributed by atoms with E-state index >= 15 is 0 Å². The lowest BCUT2D eigenvalue weighted by atomic mass is 10.1. The molecule has 0 radical (unpaired) electrons. The molecule has 0 spiro atoms. The zero-order chi connectivity index (χ0) is 19.2. The van der Waals surface area contributed by atoms with E-state index in [1.54, 1.807) is 37.3 Å². The fourth-order valence-corrected chi connectivity index (χ4v) is 3.24. The molecule has 1 atom stereocenters. The molecule has 1 fully saturated rings. The first kappa shape index (κ1) is 18.8. The highest BCUT2D eigenvalue weighted by Crippen LogP contribution is 2.35. The van der Waals surface area contributed by atoms with Crippen molar-refractivity contribution in [2.24, 2.45) is 5.92 Å². The van der Waals surface area contributed by atoms with Crippen molar-refractivity contribution >= 4 is 17.5 Å². The number of hydrogen-bond donors (Lipinski definition) is 1. The summed E-state index contributed by atoms with van der Waals surface area (Å²) in [5, 5.41) is 2.94. The highest BCUT2D eigenvalue weighted by atomic mass is 16.5. The van der Waals surface area contributed by atoms with E-state index < -0.39 is 0 Å². The minimum Gasteiger partial charge on any atom is -0.497 e. The zero-order valence-electron chi connectivity index (χ0n) is 15.6. The first-order chi connectivity index (χ1) is 13.1. The van der Waals surface area contributed by atoms with Crippen LogP contribution in [0.15, 0.2) is 48.5 Å². The van der Waals surface area contributed by atoms with Crippen molar-refractivity contribution in [3.05, 3.63) is 54.1 Å². The van der Waals surface area contributed by atoms with Gasteiger partial charge in [0.25, 0.3) is 0 Å². The number of methoxy groups -OCH3 is 2. The van der Waals surface area contributed by atoms with Gasteiger partial charge in [-0.2, -0.15) is 0 Å². The Bertz CT molecular complexity index is 807. The molecule has 0 bridgehead atoms. The number of carbonyl (C=O) groups excluding carboxylic acids is 2. The maximum absolute atomic E-state index is 12.5. The van der Waals surface area contributed by atoms with E-state index in [1.165, 1.54) is 5.56 Å². The molecule has 27 heavy (non-hydrogen) atoms. The molecule has 1 saturated heterocycles. The van der Waals surface area contributed by atoms with Gasteiger partial charge in [0.05, 0.1) is 25.8 Å². The van der Waals surface area contributed by atoms with Gasteiger partial charge < -0.3 is 19.7 Å². The van der Waals surface area contributed by atoms with Crippen LogP contribution in [0.5, 0.6) is 11.5 Å². The van der Waals surface area contributed by atoms with Crippen LogP contribution in [0.3, 0.4) is 0 Å². The Morgan fingerprint density at radius 1 is 1.15 bits per heavy atom. The van der Waals surface area contributed by atoms with Gasteiger partial charge in [-0.05, 0) is 24.1 Å². The van der Waals surface area contributed by atoms with Crippen molar-refractivity contribution < 1.29 is 19.1 Å². The summed E-state index contributed by atoms with van der Waals surface area (Å²) in [7, 11) is 3.12. The minimum absolute atomic E-state index is 0.0818. The van der Waals surface area contributed by atoms with Crippen LogP contribution in [0, 0.1) is 5.92 Å². The van der Waals surface area contributed by atoms with Gasteiger partial charge in [0.15, 0.2) is 0 Å². The number of nitrogens with zero attached hydrogens (tertiary/aromatic N) is 1. The molecular weight excluding hydrogens is 344 g/mol. The molecule has 6 heteroatoms. The van der Waals surface area contributed by atoms with Crippen LogP contribution >= 0.6 is 0 Å². The monoisotopic (exact) mass is 368 g/mol. The summed E-state index contributed by atoms with van der Waals surface area (Å²) >= 11 is 0. The molecule has 1 heterocycles. The Hall–Kier alpha value is -3.02. The molecule has 0 aliphatic carbocycles. The number of carbonyl (C=O) groups is 2. The van der Waals surface area contributed by atoms with Gasteiger partial charge >= 0.3 is 0 Å². The SMILES string of the molecule is COc1ccc(N2C[C@H](C(=O)NCCc3ccccc3)CC2=O)c(OC)c1. The van der Waals surface area contributed by atoms with Gasteiger partial charge in [0, 0.05) is 25.6 Å². The second-order valence-electron chi connectivity index (χ2n) is 6.47. The van der Waals surface area contributed by atoms with Crippen molar-refractivity contribution in [3.63, 3.8) is 0 Å². The van der Waals surface area contributed by atoms with Gasteiger partial charge in [0.2, 0.25) is 11.8 Å². The normalized spacial score (nSPS) is 16.3. The molecule has 142 valence electrons. The van der Waals surface area contributed by atoms with Gasteiger partial charge in [-0.3, -0.25) is 9.59 Å². The van der Waals surface area contributed by atoms with Crippen LogP contribution in [-0.2, 0) is 16.0 Å². The van der Waals surface area contributed by atoms with Gasteiger partial charge in [0.1, 0.15) is 11.5 Å². The second kappa shape index (κ2) is 8.58. The van der Waals surface area contributed by atoms with E-state index in [2.05, 4.69) is 5.32 Å². The van der Waals surface area contributed by atoms with Crippen molar-refractivity contribution in [3.8, 4) is 11.5 Å². The highest BCUT2D eigenvalue weighted by Gasteiger charge is 2.36. The van der Waals surface area contributed by atoms with E-state index in [1.807, 2.05) is 30.3 Å². The van der Waals surface area contributed by atoms with Crippen molar-refractivity contribution in [1.82, 2.24) is 5.32 Å². The van der Waals surface area contributed by atoms with Crippen molar-refractivity contribution in [2.75, 3.05) is 32.2 Å². The third-order valence-electron chi connectivity index (χ3n) is 4.73. The average molecular weight is 368 g/mol. The fraction of sp³-hybridized carbons (Fsp3) is 0.333. The molecule has 0 aromatic heterocycles. The number of rotatable bonds is 7. The quantitative estimate of drug-likeness (QED) is 0.815. The maximum atomic E-state index is 12.5. The largest absolute Gasteiger partial charge is 0.497 e. The third-order valence-corrected chi connectivity index (χ3v) is 4.73. The lowest BCUT2D eigenvalue weighted by molar-refractivity contribution is -0.126. The Morgan fingerprint density at radius 3 is 2.63 bits per heavy atom. The Balaban J connectivity index is 1.60. The highest BCUT2D eigenvalue weighted by molar-refractivity contribution is 6.01. The number of amides is 2. The molecule has 3 rings (SSSR count). The summed E-state index contributed by atoms with van der Waals surface area (Å²) < 4.78 is 10.6. The molecular formula is C21H24N2O4. The molecule has 2 aromatic carbocycles. The van der Waals surface area contributed by atoms with Crippen LogP contribution in [0.4, 0.5) is 5.69 Å². The molecule has 2 amide bonds. The minimum atomic E-state index is -0.361. The van der Waals surface area contributed by atoms with Crippen LogP contribution in [0.2, 0.25) is 0 Å². The standard InChI is InChI=1S/C21H24N2O4/c1-26-17-8-9-18(19(13-17)27-2)23-14-16(12-20(23)24)21(25)22-11-10-15-6-4-3-5-7-15/h3-9,13,16H,10-12,14H2,1-2H3,(H,22,25)/t16-/m1/s1. The van der Waals surface area contributed by atoms with Gasteiger partial charge in [-0.25, -0.2) is 0 Å². The predicted octanol–water partition coefficient (Wildman–Crippen LogP) is 2.42. The molecule has 1 aliphatic heterocycles. The second-order valence-corrected chi connectivity index (χ2v) is 6.47. The molecule has 1 aliphatic rings. The third kappa shape index (κ3) is 4.39. The Kier molecular flexibility index (Phi) is 5.96. The predicted molar refractivity (Wildman–Crippen MR) is 103 cm³/mol. The van der Waals surface area contributed by atoms with Crippen molar-refractivity contribution in [1.29, 1.82) is 0 Å². The van der Waals surface area contributed by atoms with E-state index in [0.717, 1.165) is 6.42 Å². The zero-order valence-corrected chi connectivity index (χ0v) is 15.6. The summed E-state index contributed by atoms with van der Waals surface area (Å²) in [5.74, 6) is 0.668. The van der Waals surface area contributed by atoms with Gasteiger partial charge in [-0.1, -0.05) is 30.3 Å². The molecule has 0 unspecified atom stereocenters. The summed E-state index contributed by atoms with van der Waals surface area (Å²) in [6, 6.07) is 15.3. The molecule has 2 aromatic rings. The van der Waals surface area contributed by atoms with E-state index in [0.29, 0.717) is 30.3 Å². The first-order valence-electron chi connectivity index (χ1n) is 8.96. The van der Waals surface area contributed by atoms with E-state index in [-0.39, 0.29) is 24.2 Å². The fourth-order valence-electron chi connectivity index (χ4n) is 3.24. The van der Waals surface area contributed by atoms with Crippen LogP contribution in [0.1, 0.15) is 12.0 Å². The van der Waals surface area contributed by atoms with Crippen molar-refractivity contribution in [2.45, 2.75) is 12.8 Å². The summed E-state index contributed by atoms with van der Waals surface area (Å²) in [4.78, 5) is 26.5. The lowest BCUT2D eigenvalue weighted by Crippen LogP contribution is -2.34. The summed E-state index contributed by atoms with van der Waals surface area (Å²) in [6.07, 6.45) is 0.968. The maximum Gasteiger partial charge on any atom is 0.227 e. The number of nitrogens with one attached hydrogen (secondary N) is 1. The molecule has 6 nitrogen and oxygen atoms in total. The first-order valence-corrected chi connectivity index (χ1v) is 8.96. The average Bonchev–Trinajstić information content (AvgIpc) is 3.09. The topological polar surface area (TPSA) is 67.9 Å². The van der Waals surface area contributed by atoms with Crippen LogP contribution < -0.4 is 19.7 Å². The smallest absolute Gasteiger partial charge is 0.227 e. The summed E-state index contributed by atoms with van der Waals surface area (Å²) in [6.45, 7) is 0.901. The number of ether oxygens (including phenoxy) is 2. The Morgan fingerprint density at radius 2 is 1.93 bits per heavy atom. The number of benzene rings is 2. The van der Waals surface area contributed by atoms with Crippen LogP contribution in [0.25, 0.3) is 0 Å². The number of anilines is 1. The number of hydrogen-bond acceptors (Lipinski definition) is 4. The van der Waals surface area contributed by atoms with E-state index in [9.17, 15) is 9.59 Å². The lowest BCUT2D eigenvalue weighted by Gasteiger charge is -2.20. The molecule has 1 N–H and O–H groups in total. The van der Waals surface area contributed by atoms with Crippen LogP contribution in [-0.4, -0.2) is 39.1 Å². The molecule has 0 saturated carbocycles.